The minimum atomic E-state index is -0.695. The van der Waals surface area contributed by atoms with Gasteiger partial charge in [0.1, 0.15) is 6.61 Å². The van der Waals surface area contributed by atoms with E-state index in [4.69, 9.17) is 16.3 Å². The van der Waals surface area contributed by atoms with E-state index >= 15 is 0 Å². The Kier molecular flexibility index (Phi) is 4.87. The minimum Gasteiger partial charge on any atom is -0.356 e. The quantitative estimate of drug-likeness (QED) is 0.921. The van der Waals surface area contributed by atoms with Crippen molar-refractivity contribution in [2.75, 3.05) is 13.7 Å². The second kappa shape index (κ2) is 6.89. The number of amides is 2. The van der Waals surface area contributed by atoms with Crippen LogP contribution < -0.4 is 5.32 Å². The summed E-state index contributed by atoms with van der Waals surface area (Å²) < 4.78 is 5.59. The van der Waals surface area contributed by atoms with Crippen LogP contribution in [0.1, 0.15) is 37.3 Å². The predicted molar refractivity (Wildman–Crippen MR) is 87.1 cm³/mol. The smallest absolute Gasteiger partial charge is 0.251 e. The lowest BCUT2D eigenvalue weighted by Crippen LogP contribution is -2.54. The molecule has 2 amide bonds. The van der Waals surface area contributed by atoms with Gasteiger partial charge in [-0.2, -0.15) is 0 Å². The van der Waals surface area contributed by atoms with E-state index in [-0.39, 0.29) is 24.5 Å². The number of hydrogen-bond acceptors (Lipinski definition) is 3. The first-order chi connectivity index (χ1) is 11.1. The minimum absolute atomic E-state index is 0.0661. The first-order valence-corrected chi connectivity index (χ1v) is 8.37. The van der Waals surface area contributed by atoms with Gasteiger partial charge in [-0.1, -0.05) is 36.6 Å². The van der Waals surface area contributed by atoms with Gasteiger partial charge in [-0.3, -0.25) is 9.59 Å². The number of nitrogens with zero attached hydrogens (tertiary/aromatic N) is 1. The van der Waals surface area contributed by atoms with Gasteiger partial charge in [-0.05, 0) is 30.5 Å². The molecule has 23 heavy (non-hydrogen) atoms. The molecule has 3 rings (SSSR count). The molecule has 124 valence electrons. The van der Waals surface area contributed by atoms with Gasteiger partial charge in [0, 0.05) is 18.1 Å². The topological polar surface area (TPSA) is 58.6 Å². The highest BCUT2D eigenvalue weighted by atomic mass is 35.5. The maximum absolute atomic E-state index is 12.7. The molecule has 1 saturated carbocycles. The molecule has 0 aromatic heterocycles. The summed E-state index contributed by atoms with van der Waals surface area (Å²) in [5.41, 5.74) is 0.844. The second-order valence-electron chi connectivity index (χ2n) is 6.22. The van der Waals surface area contributed by atoms with Crippen LogP contribution in [-0.4, -0.2) is 42.5 Å². The third-order valence-corrected chi connectivity index (χ3v) is 4.91. The molecule has 6 heteroatoms. The number of carbonyl (C=O) groups excluding carboxylic acids is 2. The number of hydrogen-bond donors (Lipinski definition) is 1. The standard InChI is InChI=1S/C17H21ClN2O3/c1-20-14(21)10-23-16(17(22)19-13-4-2-3-5-13)15(20)11-6-8-12(18)9-7-11/h6-9,13,15-16H,2-5,10H2,1H3,(H,19,22). The number of carbonyl (C=O) groups is 2. The van der Waals surface area contributed by atoms with Crippen molar-refractivity contribution in [1.82, 2.24) is 10.2 Å². The molecule has 0 radical (unpaired) electrons. The van der Waals surface area contributed by atoms with Crippen LogP contribution in [0.5, 0.6) is 0 Å². The zero-order valence-corrected chi connectivity index (χ0v) is 13.9. The second-order valence-corrected chi connectivity index (χ2v) is 6.66. The van der Waals surface area contributed by atoms with Gasteiger partial charge >= 0.3 is 0 Å². The summed E-state index contributed by atoms with van der Waals surface area (Å²) in [5, 5.41) is 3.68. The third kappa shape index (κ3) is 3.51. The van der Waals surface area contributed by atoms with E-state index < -0.39 is 12.1 Å². The predicted octanol–water partition coefficient (Wildman–Crippen LogP) is 2.30. The van der Waals surface area contributed by atoms with E-state index in [0.717, 1.165) is 31.2 Å². The van der Waals surface area contributed by atoms with Crippen LogP contribution in [0.2, 0.25) is 5.02 Å². The summed E-state index contributed by atoms with van der Waals surface area (Å²) in [5.74, 6) is -0.272. The van der Waals surface area contributed by atoms with Crippen molar-refractivity contribution >= 4 is 23.4 Å². The maximum Gasteiger partial charge on any atom is 0.251 e. The van der Waals surface area contributed by atoms with Gasteiger partial charge in [0.05, 0.1) is 6.04 Å². The maximum atomic E-state index is 12.7. The number of morpholine rings is 1. The van der Waals surface area contributed by atoms with Crippen LogP contribution >= 0.6 is 11.6 Å². The van der Waals surface area contributed by atoms with E-state index in [0.29, 0.717) is 5.02 Å². The molecule has 0 bridgehead atoms. The Morgan fingerprint density at radius 3 is 2.57 bits per heavy atom. The average Bonchev–Trinajstić information content (AvgIpc) is 3.04. The van der Waals surface area contributed by atoms with E-state index in [1.807, 2.05) is 12.1 Å². The number of likely N-dealkylation sites (N-methyl/N-ethyl adjacent to an activating group) is 1. The van der Waals surface area contributed by atoms with E-state index in [1.54, 1.807) is 24.1 Å². The number of nitrogens with one attached hydrogen (secondary N) is 1. The van der Waals surface area contributed by atoms with Gasteiger partial charge in [0.2, 0.25) is 5.91 Å². The number of ether oxygens (including phenoxy) is 1. The molecule has 1 aromatic carbocycles. The van der Waals surface area contributed by atoms with Crippen molar-refractivity contribution in [3.63, 3.8) is 0 Å². The molecule has 1 N–H and O–H groups in total. The summed E-state index contributed by atoms with van der Waals surface area (Å²) in [6, 6.07) is 6.98. The van der Waals surface area contributed by atoms with E-state index in [1.165, 1.54) is 0 Å². The van der Waals surface area contributed by atoms with Crippen LogP contribution in [0.3, 0.4) is 0 Å². The Balaban J connectivity index is 1.81. The summed E-state index contributed by atoms with van der Waals surface area (Å²) in [6.45, 7) is -0.0661. The van der Waals surface area contributed by atoms with Gasteiger partial charge in [-0.25, -0.2) is 0 Å². The van der Waals surface area contributed by atoms with Gasteiger partial charge in [-0.15, -0.1) is 0 Å². The molecular formula is C17H21ClN2O3. The average molecular weight is 337 g/mol. The van der Waals surface area contributed by atoms with Crippen LogP contribution in [0.25, 0.3) is 0 Å². The number of benzene rings is 1. The highest BCUT2D eigenvalue weighted by Crippen LogP contribution is 2.30. The van der Waals surface area contributed by atoms with Crippen LogP contribution in [-0.2, 0) is 14.3 Å². The summed E-state index contributed by atoms with van der Waals surface area (Å²) in [6.07, 6.45) is 3.63. The van der Waals surface area contributed by atoms with Crippen molar-refractivity contribution in [3.05, 3.63) is 34.9 Å². The third-order valence-electron chi connectivity index (χ3n) is 4.66. The van der Waals surface area contributed by atoms with Gasteiger partial charge in [0.25, 0.3) is 5.91 Å². The molecule has 2 atom stereocenters. The molecule has 1 aliphatic carbocycles. The van der Waals surface area contributed by atoms with Crippen molar-refractivity contribution in [1.29, 1.82) is 0 Å². The lowest BCUT2D eigenvalue weighted by Gasteiger charge is -2.38. The molecule has 1 heterocycles. The van der Waals surface area contributed by atoms with Crippen LogP contribution in [0.15, 0.2) is 24.3 Å². The lowest BCUT2D eigenvalue weighted by molar-refractivity contribution is -0.162. The molecule has 5 nitrogen and oxygen atoms in total. The zero-order chi connectivity index (χ0) is 16.4. The van der Waals surface area contributed by atoms with Crippen LogP contribution in [0.4, 0.5) is 0 Å². The molecular weight excluding hydrogens is 316 g/mol. The highest BCUT2D eigenvalue weighted by Gasteiger charge is 2.40. The summed E-state index contributed by atoms with van der Waals surface area (Å²) >= 11 is 5.94. The molecule has 2 fully saturated rings. The fourth-order valence-electron chi connectivity index (χ4n) is 3.34. The molecule has 1 saturated heterocycles. The first-order valence-electron chi connectivity index (χ1n) is 7.99. The summed E-state index contributed by atoms with van der Waals surface area (Å²) in [7, 11) is 1.71. The lowest BCUT2D eigenvalue weighted by atomic mass is 9.97. The Morgan fingerprint density at radius 1 is 1.26 bits per heavy atom. The molecule has 1 aromatic rings. The molecule has 0 spiro atoms. The zero-order valence-electron chi connectivity index (χ0n) is 13.1. The molecule has 2 aliphatic rings. The highest BCUT2D eigenvalue weighted by molar-refractivity contribution is 6.30. The largest absolute Gasteiger partial charge is 0.356 e. The van der Waals surface area contributed by atoms with Crippen molar-refractivity contribution in [2.45, 2.75) is 43.9 Å². The Labute approximate surface area is 140 Å². The van der Waals surface area contributed by atoms with Gasteiger partial charge < -0.3 is 15.0 Å². The van der Waals surface area contributed by atoms with E-state index in [9.17, 15) is 9.59 Å². The SMILES string of the molecule is CN1C(=O)COC(C(=O)NC2CCCC2)C1c1ccc(Cl)cc1. The van der Waals surface area contributed by atoms with Gasteiger partial charge in [0.15, 0.2) is 6.10 Å². The van der Waals surface area contributed by atoms with Crippen molar-refractivity contribution in [3.8, 4) is 0 Å². The Hall–Kier alpha value is -1.59. The number of halogens is 1. The van der Waals surface area contributed by atoms with Crippen molar-refractivity contribution < 1.29 is 14.3 Å². The Bertz CT molecular complexity index is 584. The van der Waals surface area contributed by atoms with E-state index in [2.05, 4.69) is 5.32 Å². The Morgan fingerprint density at radius 2 is 1.91 bits per heavy atom. The normalized spacial score (nSPS) is 25.7. The fourth-order valence-corrected chi connectivity index (χ4v) is 3.47. The summed E-state index contributed by atoms with van der Waals surface area (Å²) in [4.78, 5) is 26.2. The first kappa shape index (κ1) is 16.3. The monoisotopic (exact) mass is 336 g/mol. The number of rotatable bonds is 3. The molecule has 2 unspecified atom stereocenters. The van der Waals surface area contributed by atoms with Crippen LogP contribution in [0, 0.1) is 0 Å². The molecule has 1 aliphatic heterocycles. The van der Waals surface area contributed by atoms with Crippen molar-refractivity contribution in [2.24, 2.45) is 0 Å². The fraction of sp³-hybridized carbons (Fsp3) is 0.529.